The molecule has 7 heteroatoms. The number of nitrogens with zero attached hydrogens (tertiary/aromatic N) is 1. The van der Waals surface area contributed by atoms with Crippen molar-refractivity contribution < 1.29 is 28.7 Å². The summed E-state index contributed by atoms with van der Waals surface area (Å²) in [5, 5.41) is 12.9. The van der Waals surface area contributed by atoms with E-state index in [2.05, 4.69) is 9.89 Å². The van der Waals surface area contributed by atoms with E-state index in [-0.39, 0.29) is 11.5 Å². The van der Waals surface area contributed by atoms with Gasteiger partial charge in [0, 0.05) is 12.8 Å². The molecule has 1 aliphatic carbocycles. The zero-order valence-corrected chi connectivity index (χ0v) is 11.0. The van der Waals surface area contributed by atoms with E-state index >= 15 is 0 Å². The second-order valence-electron chi connectivity index (χ2n) is 4.51. The number of carboxylic acids is 1. The van der Waals surface area contributed by atoms with E-state index in [0.717, 1.165) is 12.8 Å². The van der Waals surface area contributed by atoms with Gasteiger partial charge >= 0.3 is 11.9 Å². The van der Waals surface area contributed by atoms with E-state index in [1.54, 1.807) is 6.07 Å². The van der Waals surface area contributed by atoms with Crippen LogP contribution in [0, 0.1) is 0 Å². The molecule has 0 atom stereocenters. The van der Waals surface area contributed by atoms with E-state index in [1.807, 2.05) is 0 Å². The second-order valence-corrected chi connectivity index (χ2v) is 4.51. The average Bonchev–Trinajstić information content (AvgIpc) is 3.10. The lowest BCUT2D eigenvalue weighted by molar-refractivity contribution is -0.165. The Morgan fingerprint density at radius 1 is 1.40 bits per heavy atom. The van der Waals surface area contributed by atoms with Crippen LogP contribution in [0.5, 0.6) is 0 Å². The molecule has 0 aromatic carbocycles. The number of furan rings is 1. The van der Waals surface area contributed by atoms with Gasteiger partial charge in [0.25, 0.3) is 0 Å². The van der Waals surface area contributed by atoms with Gasteiger partial charge in [-0.05, 0) is 25.0 Å². The molecule has 1 fully saturated rings. The molecule has 1 N–H and O–H groups in total. The SMILES string of the molecule is COC(=O)/C(=N\OC1(C(=O)O)CCCC1)c1ccco1. The van der Waals surface area contributed by atoms with Crippen LogP contribution in [-0.2, 0) is 19.2 Å². The van der Waals surface area contributed by atoms with Crippen molar-refractivity contribution in [2.75, 3.05) is 7.11 Å². The zero-order chi connectivity index (χ0) is 14.6. The Labute approximate surface area is 115 Å². The van der Waals surface area contributed by atoms with Gasteiger partial charge in [-0.3, -0.25) is 0 Å². The van der Waals surface area contributed by atoms with Crippen molar-refractivity contribution in [1.29, 1.82) is 0 Å². The summed E-state index contributed by atoms with van der Waals surface area (Å²) in [6.45, 7) is 0. The summed E-state index contributed by atoms with van der Waals surface area (Å²) in [4.78, 5) is 28.2. The number of ether oxygens (including phenoxy) is 1. The number of carbonyl (C=O) groups excluding carboxylic acids is 1. The number of oxime groups is 1. The third-order valence-electron chi connectivity index (χ3n) is 3.25. The molecule has 0 bridgehead atoms. The minimum atomic E-state index is -1.37. The lowest BCUT2D eigenvalue weighted by Gasteiger charge is -2.21. The highest BCUT2D eigenvalue weighted by molar-refractivity contribution is 6.42. The molecule has 1 aliphatic rings. The first-order valence-electron chi connectivity index (χ1n) is 6.21. The highest BCUT2D eigenvalue weighted by atomic mass is 16.7. The summed E-state index contributed by atoms with van der Waals surface area (Å²) in [6.07, 6.45) is 3.58. The first kappa shape index (κ1) is 14.1. The van der Waals surface area contributed by atoms with Crippen LogP contribution in [0.2, 0.25) is 0 Å². The van der Waals surface area contributed by atoms with Crippen LogP contribution in [0.15, 0.2) is 28.0 Å². The van der Waals surface area contributed by atoms with Gasteiger partial charge in [0.1, 0.15) is 0 Å². The fraction of sp³-hybridized carbons (Fsp3) is 0.462. The molecule has 0 unspecified atom stereocenters. The summed E-state index contributed by atoms with van der Waals surface area (Å²) in [6, 6.07) is 3.09. The van der Waals surface area contributed by atoms with Crippen LogP contribution >= 0.6 is 0 Å². The molecule has 2 rings (SSSR count). The number of carbonyl (C=O) groups is 2. The molecule has 1 heterocycles. The number of aliphatic carboxylic acids is 1. The third kappa shape index (κ3) is 2.66. The Hall–Kier alpha value is -2.31. The molecule has 0 aliphatic heterocycles. The normalized spacial score (nSPS) is 17.8. The predicted molar refractivity (Wildman–Crippen MR) is 67.2 cm³/mol. The number of methoxy groups -OCH3 is 1. The van der Waals surface area contributed by atoms with Crippen molar-refractivity contribution >= 4 is 17.7 Å². The lowest BCUT2D eigenvalue weighted by atomic mass is 10.0. The summed E-state index contributed by atoms with van der Waals surface area (Å²) in [5.74, 6) is -1.67. The molecule has 1 aromatic rings. The van der Waals surface area contributed by atoms with Gasteiger partial charge in [0.15, 0.2) is 5.76 Å². The summed E-state index contributed by atoms with van der Waals surface area (Å²) in [7, 11) is 1.20. The van der Waals surface area contributed by atoms with Crippen molar-refractivity contribution in [2.45, 2.75) is 31.3 Å². The van der Waals surface area contributed by atoms with E-state index in [1.165, 1.54) is 19.4 Å². The summed E-state index contributed by atoms with van der Waals surface area (Å²) in [5.41, 5.74) is -1.56. The van der Waals surface area contributed by atoms with Crippen molar-refractivity contribution in [3.63, 3.8) is 0 Å². The smallest absolute Gasteiger partial charge is 0.364 e. The molecule has 0 amide bonds. The maximum Gasteiger partial charge on any atom is 0.364 e. The van der Waals surface area contributed by atoms with Crippen molar-refractivity contribution in [3.05, 3.63) is 24.2 Å². The second kappa shape index (κ2) is 5.77. The number of esters is 1. The lowest BCUT2D eigenvalue weighted by Crippen LogP contribution is -2.37. The fourth-order valence-electron chi connectivity index (χ4n) is 2.12. The molecule has 0 radical (unpaired) electrons. The van der Waals surface area contributed by atoms with Crippen molar-refractivity contribution in [3.8, 4) is 0 Å². The highest BCUT2D eigenvalue weighted by Crippen LogP contribution is 2.33. The molecule has 7 nitrogen and oxygen atoms in total. The van der Waals surface area contributed by atoms with Gasteiger partial charge in [0.2, 0.25) is 11.3 Å². The maximum absolute atomic E-state index is 11.6. The third-order valence-corrected chi connectivity index (χ3v) is 3.25. The summed E-state index contributed by atoms with van der Waals surface area (Å²) < 4.78 is 9.66. The van der Waals surface area contributed by atoms with Gasteiger partial charge in [-0.25, -0.2) is 9.59 Å². The van der Waals surface area contributed by atoms with Crippen molar-refractivity contribution in [1.82, 2.24) is 0 Å². The molecule has 20 heavy (non-hydrogen) atoms. The number of hydrogen-bond acceptors (Lipinski definition) is 6. The van der Waals surface area contributed by atoms with Crippen LogP contribution in [0.4, 0.5) is 0 Å². The molecule has 1 saturated carbocycles. The van der Waals surface area contributed by atoms with E-state index in [9.17, 15) is 14.7 Å². The van der Waals surface area contributed by atoms with Gasteiger partial charge in [0.05, 0.1) is 13.4 Å². The van der Waals surface area contributed by atoms with Gasteiger partial charge in [-0.15, -0.1) is 0 Å². The van der Waals surface area contributed by atoms with E-state index in [4.69, 9.17) is 9.25 Å². The molecule has 1 aromatic heterocycles. The van der Waals surface area contributed by atoms with Crippen LogP contribution in [0.1, 0.15) is 31.4 Å². The van der Waals surface area contributed by atoms with Crippen LogP contribution < -0.4 is 0 Å². The Kier molecular flexibility index (Phi) is 4.07. The Balaban J connectivity index is 2.25. The largest absolute Gasteiger partial charge is 0.478 e. The monoisotopic (exact) mass is 281 g/mol. The topological polar surface area (TPSA) is 98.3 Å². The molecule has 0 saturated heterocycles. The number of hydrogen-bond donors (Lipinski definition) is 1. The molecular formula is C13H15NO6. The fourth-order valence-corrected chi connectivity index (χ4v) is 2.12. The maximum atomic E-state index is 11.6. The van der Waals surface area contributed by atoms with Gasteiger partial charge < -0.3 is 19.1 Å². The zero-order valence-electron chi connectivity index (χ0n) is 11.0. The first-order chi connectivity index (χ1) is 9.59. The minimum absolute atomic E-state index is 0.162. The van der Waals surface area contributed by atoms with E-state index in [0.29, 0.717) is 12.8 Å². The van der Waals surface area contributed by atoms with Crippen LogP contribution in [0.25, 0.3) is 0 Å². The summed E-state index contributed by atoms with van der Waals surface area (Å²) >= 11 is 0. The Morgan fingerprint density at radius 2 is 2.10 bits per heavy atom. The quantitative estimate of drug-likeness (QED) is 0.499. The predicted octanol–water partition coefficient (Wildman–Crippen LogP) is 1.57. The molecule has 0 spiro atoms. The van der Waals surface area contributed by atoms with E-state index < -0.39 is 17.5 Å². The highest BCUT2D eigenvalue weighted by Gasteiger charge is 2.45. The standard InChI is InChI=1S/C13H15NO6/c1-18-11(15)10(9-5-4-8-19-9)14-20-13(12(16)17)6-2-3-7-13/h4-5,8H,2-3,6-7H2,1H3,(H,16,17)/b14-10-. The minimum Gasteiger partial charge on any atom is -0.478 e. The Morgan fingerprint density at radius 3 is 2.60 bits per heavy atom. The van der Waals surface area contributed by atoms with Crippen LogP contribution in [0.3, 0.4) is 0 Å². The molecular weight excluding hydrogens is 266 g/mol. The molecule has 108 valence electrons. The number of carboxylic acid groups (broad SMARTS) is 1. The van der Waals surface area contributed by atoms with Gasteiger partial charge in [-0.2, -0.15) is 0 Å². The van der Waals surface area contributed by atoms with Crippen LogP contribution in [-0.4, -0.2) is 35.5 Å². The van der Waals surface area contributed by atoms with Gasteiger partial charge in [-0.1, -0.05) is 5.16 Å². The Bertz CT molecular complexity index is 513. The number of rotatable bonds is 5. The first-order valence-corrected chi connectivity index (χ1v) is 6.21. The van der Waals surface area contributed by atoms with Crippen molar-refractivity contribution in [2.24, 2.45) is 5.16 Å². The average molecular weight is 281 g/mol.